The van der Waals surface area contributed by atoms with Crippen molar-refractivity contribution in [2.75, 3.05) is 29.7 Å². The molecule has 2 N–H and O–H groups in total. The summed E-state index contributed by atoms with van der Waals surface area (Å²) in [6.07, 6.45) is 3.26. The van der Waals surface area contributed by atoms with Crippen LogP contribution in [0.25, 0.3) is 10.2 Å². The second kappa shape index (κ2) is 5.75. The van der Waals surface area contributed by atoms with Gasteiger partial charge in [-0.25, -0.2) is 4.98 Å². The first-order valence-corrected chi connectivity index (χ1v) is 8.13. The van der Waals surface area contributed by atoms with Crippen LogP contribution in [0.15, 0.2) is 11.4 Å². The van der Waals surface area contributed by atoms with E-state index in [2.05, 4.69) is 41.2 Å². The van der Waals surface area contributed by atoms with Crippen molar-refractivity contribution in [2.45, 2.75) is 19.4 Å². The number of fused-ring (bicyclic) bond motifs is 1. The molecule has 2 rings (SSSR count). The highest BCUT2D eigenvalue weighted by atomic mass is 32.2. The Morgan fingerprint density at radius 2 is 2.28 bits per heavy atom. The summed E-state index contributed by atoms with van der Waals surface area (Å²) in [5, 5.41) is 3.12. The Hall–Kier alpha value is -1.01. The van der Waals surface area contributed by atoms with Crippen molar-refractivity contribution in [3.8, 4) is 0 Å². The average Bonchev–Trinajstić information content (AvgIpc) is 2.81. The van der Waals surface area contributed by atoms with Gasteiger partial charge in [0.15, 0.2) is 0 Å². The number of anilines is 2. The molecule has 0 radical (unpaired) electrons. The van der Waals surface area contributed by atoms with Crippen molar-refractivity contribution in [3.63, 3.8) is 0 Å². The van der Waals surface area contributed by atoms with Gasteiger partial charge in [-0.15, -0.1) is 11.3 Å². The van der Waals surface area contributed by atoms with Gasteiger partial charge in [0.1, 0.15) is 10.6 Å². The highest BCUT2D eigenvalue weighted by Gasteiger charge is 2.16. The summed E-state index contributed by atoms with van der Waals surface area (Å²) in [7, 11) is 2.07. The summed E-state index contributed by atoms with van der Waals surface area (Å²) in [6, 6.07) is 2.50. The zero-order chi connectivity index (χ0) is 13.1. The van der Waals surface area contributed by atoms with Gasteiger partial charge in [-0.2, -0.15) is 16.7 Å². The van der Waals surface area contributed by atoms with Gasteiger partial charge in [0.05, 0.1) is 5.39 Å². The summed E-state index contributed by atoms with van der Waals surface area (Å²) in [6.45, 7) is 2.22. The van der Waals surface area contributed by atoms with Gasteiger partial charge in [0.25, 0.3) is 0 Å². The smallest absolute Gasteiger partial charge is 0.223 e. The SMILES string of the molecule is CSCCC(C)N(C)c1nc(N)nc2sccc12. The Morgan fingerprint density at radius 1 is 1.50 bits per heavy atom. The van der Waals surface area contributed by atoms with Crippen LogP contribution in [0.2, 0.25) is 0 Å². The van der Waals surface area contributed by atoms with E-state index in [9.17, 15) is 0 Å². The molecule has 4 nitrogen and oxygen atoms in total. The number of aromatic nitrogens is 2. The van der Waals surface area contributed by atoms with E-state index in [1.807, 2.05) is 17.1 Å². The fraction of sp³-hybridized carbons (Fsp3) is 0.500. The minimum Gasteiger partial charge on any atom is -0.368 e. The molecule has 98 valence electrons. The van der Waals surface area contributed by atoms with Crippen LogP contribution in [-0.4, -0.2) is 35.1 Å². The highest BCUT2D eigenvalue weighted by molar-refractivity contribution is 7.98. The van der Waals surface area contributed by atoms with Crippen LogP contribution in [0.4, 0.5) is 11.8 Å². The van der Waals surface area contributed by atoms with Crippen molar-refractivity contribution in [1.82, 2.24) is 9.97 Å². The van der Waals surface area contributed by atoms with Gasteiger partial charge < -0.3 is 10.6 Å². The van der Waals surface area contributed by atoms with Crippen LogP contribution in [0.1, 0.15) is 13.3 Å². The summed E-state index contributed by atoms with van der Waals surface area (Å²) in [4.78, 5) is 11.8. The van der Waals surface area contributed by atoms with E-state index in [0.717, 1.165) is 28.2 Å². The van der Waals surface area contributed by atoms with Crippen molar-refractivity contribution in [1.29, 1.82) is 0 Å². The van der Waals surface area contributed by atoms with Gasteiger partial charge in [-0.05, 0) is 36.8 Å². The molecule has 0 saturated carbocycles. The van der Waals surface area contributed by atoms with Crippen molar-refractivity contribution >= 4 is 45.1 Å². The molecule has 2 aromatic heterocycles. The maximum Gasteiger partial charge on any atom is 0.223 e. The molecule has 2 heterocycles. The van der Waals surface area contributed by atoms with Crippen LogP contribution in [0, 0.1) is 0 Å². The Morgan fingerprint density at radius 3 is 3.00 bits per heavy atom. The number of nitrogens with zero attached hydrogens (tertiary/aromatic N) is 3. The molecule has 1 unspecified atom stereocenters. The molecule has 0 amide bonds. The monoisotopic (exact) mass is 282 g/mol. The molecule has 0 saturated heterocycles. The van der Waals surface area contributed by atoms with Crippen LogP contribution >= 0.6 is 23.1 Å². The zero-order valence-electron chi connectivity index (χ0n) is 10.9. The third-order valence-corrected chi connectivity index (χ3v) is 4.51. The lowest BCUT2D eigenvalue weighted by molar-refractivity contribution is 0.664. The third-order valence-electron chi connectivity index (χ3n) is 3.06. The minimum atomic E-state index is 0.351. The number of thiophene rings is 1. The molecule has 0 aliphatic carbocycles. The lowest BCUT2D eigenvalue weighted by atomic mass is 10.2. The van der Waals surface area contributed by atoms with E-state index in [-0.39, 0.29) is 0 Å². The summed E-state index contributed by atoms with van der Waals surface area (Å²) in [5.74, 6) is 2.44. The first-order chi connectivity index (χ1) is 8.63. The standard InChI is InChI=1S/C12H18N4S2/c1-8(4-6-17-3)16(2)10-9-5-7-18-11(9)15-12(13)14-10/h5,7-8H,4,6H2,1-3H3,(H2,13,14,15). The van der Waals surface area contributed by atoms with Gasteiger partial charge in [-0.3, -0.25) is 0 Å². The second-order valence-electron chi connectivity index (χ2n) is 4.29. The van der Waals surface area contributed by atoms with Crippen LogP contribution < -0.4 is 10.6 Å². The fourth-order valence-corrected chi connectivity index (χ4v) is 3.16. The number of hydrogen-bond donors (Lipinski definition) is 1. The van der Waals surface area contributed by atoms with E-state index in [1.54, 1.807) is 11.3 Å². The summed E-state index contributed by atoms with van der Waals surface area (Å²) in [5.41, 5.74) is 5.78. The average molecular weight is 282 g/mol. The fourth-order valence-electron chi connectivity index (χ4n) is 1.82. The maximum absolute atomic E-state index is 5.78. The van der Waals surface area contributed by atoms with E-state index < -0.39 is 0 Å². The van der Waals surface area contributed by atoms with Crippen molar-refractivity contribution in [3.05, 3.63) is 11.4 Å². The predicted octanol–water partition coefficient (Wildman–Crippen LogP) is 2.85. The molecule has 18 heavy (non-hydrogen) atoms. The normalized spacial score (nSPS) is 12.8. The molecule has 0 aliphatic heterocycles. The molecule has 1 atom stereocenters. The molecule has 6 heteroatoms. The Balaban J connectivity index is 2.31. The number of thioether (sulfide) groups is 1. The van der Waals surface area contributed by atoms with Crippen LogP contribution in [-0.2, 0) is 0 Å². The van der Waals surface area contributed by atoms with E-state index in [1.165, 1.54) is 0 Å². The molecule has 0 aromatic carbocycles. The third kappa shape index (κ3) is 2.70. The van der Waals surface area contributed by atoms with E-state index >= 15 is 0 Å². The maximum atomic E-state index is 5.78. The Kier molecular flexibility index (Phi) is 4.29. The van der Waals surface area contributed by atoms with E-state index in [0.29, 0.717) is 12.0 Å². The largest absolute Gasteiger partial charge is 0.368 e. The molecule has 2 aromatic rings. The molecule has 0 fully saturated rings. The summed E-state index contributed by atoms with van der Waals surface area (Å²) < 4.78 is 0. The molecule has 0 bridgehead atoms. The molecule has 0 spiro atoms. The zero-order valence-corrected chi connectivity index (χ0v) is 12.5. The predicted molar refractivity (Wildman–Crippen MR) is 82.7 cm³/mol. The lowest BCUT2D eigenvalue weighted by Crippen LogP contribution is -2.30. The number of nitrogen functional groups attached to an aromatic ring is 1. The van der Waals surface area contributed by atoms with Crippen molar-refractivity contribution < 1.29 is 0 Å². The van der Waals surface area contributed by atoms with Crippen LogP contribution in [0.3, 0.4) is 0 Å². The number of nitrogens with two attached hydrogens (primary N) is 1. The first-order valence-electron chi connectivity index (χ1n) is 5.86. The molecular formula is C12H18N4S2. The van der Waals surface area contributed by atoms with Gasteiger partial charge in [-0.1, -0.05) is 0 Å². The Bertz CT molecular complexity index is 526. The van der Waals surface area contributed by atoms with Gasteiger partial charge in [0.2, 0.25) is 5.95 Å². The molecular weight excluding hydrogens is 264 g/mol. The van der Waals surface area contributed by atoms with E-state index in [4.69, 9.17) is 5.73 Å². The Labute approximate surface area is 116 Å². The van der Waals surface area contributed by atoms with Crippen molar-refractivity contribution in [2.24, 2.45) is 0 Å². The lowest BCUT2D eigenvalue weighted by Gasteiger charge is -2.26. The minimum absolute atomic E-state index is 0.351. The second-order valence-corrected chi connectivity index (χ2v) is 6.17. The topological polar surface area (TPSA) is 55.0 Å². The number of hydrogen-bond acceptors (Lipinski definition) is 6. The highest BCUT2D eigenvalue weighted by Crippen LogP contribution is 2.29. The van der Waals surface area contributed by atoms with Gasteiger partial charge >= 0.3 is 0 Å². The summed E-state index contributed by atoms with van der Waals surface area (Å²) >= 11 is 3.47. The van der Waals surface area contributed by atoms with Crippen LogP contribution in [0.5, 0.6) is 0 Å². The van der Waals surface area contributed by atoms with Gasteiger partial charge in [0, 0.05) is 13.1 Å². The first kappa shape index (κ1) is 13.4. The quantitative estimate of drug-likeness (QED) is 0.914. The number of rotatable bonds is 5. The molecule has 0 aliphatic rings.